The van der Waals surface area contributed by atoms with Crippen LogP contribution in [0.2, 0.25) is 0 Å². The molecule has 3 aliphatic rings. The largest absolute Gasteiger partial charge is 0.497 e. The summed E-state index contributed by atoms with van der Waals surface area (Å²) in [6.45, 7) is 5.37. The molecule has 3 saturated heterocycles. The van der Waals surface area contributed by atoms with Crippen LogP contribution in [-0.4, -0.2) is 42.2 Å². The molecule has 5 atom stereocenters. The molecule has 3 fully saturated rings. The zero-order valence-corrected chi connectivity index (χ0v) is 21.9. The summed E-state index contributed by atoms with van der Waals surface area (Å²) in [6.07, 6.45) is -7.15. The van der Waals surface area contributed by atoms with Crippen LogP contribution < -0.4 is 10.1 Å². The summed E-state index contributed by atoms with van der Waals surface area (Å²) in [6, 6.07) is 7.51. The topological polar surface area (TPSA) is 63.7 Å². The number of methoxy groups -OCH3 is 1. The lowest BCUT2D eigenvalue weighted by Crippen LogP contribution is -2.55. The summed E-state index contributed by atoms with van der Waals surface area (Å²) >= 11 is 0. The van der Waals surface area contributed by atoms with Gasteiger partial charge in [-0.3, -0.25) is 15.2 Å². The number of piperidine rings is 3. The molecule has 41 heavy (non-hydrogen) atoms. The summed E-state index contributed by atoms with van der Waals surface area (Å²) in [5.41, 5.74) is -2.58. The molecule has 12 heteroatoms. The van der Waals surface area contributed by atoms with Crippen molar-refractivity contribution in [1.29, 1.82) is 0 Å². The Hall–Kier alpha value is -3.80. The Morgan fingerprint density at radius 2 is 1.80 bits per heavy atom. The lowest BCUT2D eigenvalue weighted by atomic mass is 9.73. The average Bonchev–Trinajstić information content (AvgIpc) is 2.94. The number of benzene rings is 2. The van der Waals surface area contributed by atoms with Gasteiger partial charge in [-0.25, -0.2) is 4.79 Å². The van der Waals surface area contributed by atoms with Crippen LogP contribution in [0.3, 0.4) is 0 Å². The molecule has 6 rings (SSSR count). The molecule has 1 amide bonds. The summed E-state index contributed by atoms with van der Waals surface area (Å²) < 4.78 is 91.4. The minimum atomic E-state index is -5.06. The van der Waals surface area contributed by atoms with E-state index in [0.29, 0.717) is 47.3 Å². The molecule has 218 valence electrons. The average molecular weight is 580 g/mol. The zero-order valence-electron chi connectivity index (χ0n) is 21.9. The number of halogens is 6. The smallest absolute Gasteiger partial charge is 0.416 e. The predicted molar refractivity (Wildman–Crippen MR) is 139 cm³/mol. The van der Waals surface area contributed by atoms with E-state index in [1.165, 1.54) is 7.11 Å². The number of anilines is 1. The first-order valence-electron chi connectivity index (χ1n) is 12.9. The van der Waals surface area contributed by atoms with Crippen LogP contribution in [0.5, 0.6) is 5.75 Å². The van der Waals surface area contributed by atoms with Crippen molar-refractivity contribution in [2.45, 2.75) is 37.3 Å². The first-order valence-corrected chi connectivity index (χ1v) is 12.9. The first kappa shape index (κ1) is 28.7. The van der Waals surface area contributed by atoms with Gasteiger partial charge in [0.25, 0.3) is 0 Å². The van der Waals surface area contributed by atoms with E-state index >= 15 is 0 Å². The molecule has 1 aromatic heterocycles. The van der Waals surface area contributed by atoms with Crippen molar-refractivity contribution in [3.8, 4) is 5.75 Å². The third-order valence-corrected chi connectivity index (χ3v) is 7.86. The van der Waals surface area contributed by atoms with E-state index in [1.54, 1.807) is 30.5 Å². The number of fused-ring (bicyclic) bond motifs is 4. The number of amides is 1. The maximum Gasteiger partial charge on any atom is 0.416 e. The van der Waals surface area contributed by atoms with E-state index in [2.05, 4.69) is 21.8 Å². The van der Waals surface area contributed by atoms with Gasteiger partial charge in [-0.2, -0.15) is 26.3 Å². The van der Waals surface area contributed by atoms with E-state index in [1.807, 2.05) is 6.08 Å². The SMILES string of the molecule is C=C[C@H]1CN2CCC1C[C@H]2[C@H](OC(=O)Nc1cc(C(F)(F)F)cc(C(F)(F)F)c1)c1ccnc2ccc(OC)cc12. The van der Waals surface area contributed by atoms with E-state index in [0.717, 1.165) is 13.0 Å². The van der Waals surface area contributed by atoms with Crippen molar-refractivity contribution in [1.82, 2.24) is 9.88 Å². The molecule has 0 spiro atoms. The summed E-state index contributed by atoms with van der Waals surface area (Å²) in [5.74, 6) is 1.09. The molecule has 3 aliphatic heterocycles. The monoisotopic (exact) mass is 579 g/mol. The fourth-order valence-electron chi connectivity index (χ4n) is 5.85. The van der Waals surface area contributed by atoms with E-state index < -0.39 is 41.4 Å². The van der Waals surface area contributed by atoms with Gasteiger partial charge in [0.2, 0.25) is 0 Å². The Morgan fingerprint density at radius 3 is 2.39 bits per heavy atom. The fraction of sp³-hybridized carbons (Fsp3) is 0.379. The number of alkyl halides is 6. The molecule has 6 nitrogen and oxygen atoms in total. The van der Waals surface area contributed by atoms with Crippen LogP contribution in [0.4, 0.5) is 36.8 Å². The van der Waals surface area contributed by atoms with Gasteiger partial charge in [-0.05, 0) is 73.7 Å². The second kappa shape index (κ2) is 10.9. The molecule has 0 saturated carbocycles. The van der Waals surface area contributed by atoms with Gasteiger partial charge in [-0.1, -0.05) is 6.08 Å². The molecule has 4 heterocycles. The number of pyridine rings is 1. The lowest BCUT2D eigenvalue weighted by molar-refractivity contribution is -0.143. The Morgan fingerprint density at radius 1 is 1.10 bits per heavy atom. The highest BCUT2D eigenvalue weighted by Crippen LogP contribution is 2.44. The van der Waals surface area contributed by atoms with Crippen molar-refractivity contribution in [3.05, 3.63) is 78.0 Å². The number of carbonyl (C=O) groups excluding carboxylic acids is 1. The molecule has 1 N–H and O–H groups in total. The Bertz CT molecular complexity index is 1430. The van der Waals surface area contributed by atoms with Gasteiger partial charge in [0.05, 0.1) is 29.8 Å². The van der Waals surface area contributed by atoms with Gasteiger partial charge >= 0.3 is 18.4 Å². The van der Waals surface area contributed by atoms with Crippen LogP contribution in [0.15, 0.2) is 61.3 Å². The van der Waals surface area contributed by atoms with Crippen LogP contribution in [-0.2, 0) is 17.1 Å². The molecule has 0 radical (unpaired) electrons. The highest BCUT2D eigenvalue weighted by Gasteiger charge is 2.44. The molecule has 2 aromatic carbocycles. The third-order valence-electron chi connectivity index (χ3n) is 7.86. The van der Waals surface area contributed by atoms with Crippen LogP contribution in [0, 0.1) is 11.8 Å². The Labute approximate surface area is 231 Å². The second-order valence-electron chi connectivity index (χ2n) is 10.3. The highest BCUT2D eigenvalue weighted by molar-refractivity contribution is 5.87. The van der Waals surface area contributed by atoms with Gasteiger partial charge in [0, 0.05) is 29.4 Å². The third kappa shape index (κ3) is 5.97. The maximum absolute atomic E-state index is 13.4. The van der Waals surface area contributed by atoms with Crippen LogP contribution in [0.25, 0.3) is 10.9 Å². The molecule has 2 bridgehead atoms. The van der Waals surface area contributed by atoms with E-state index in [4.69, 9.17) is 9.47 Å². The van der Waals surface area contributed by atoms with Gasteiger partial charge in [0.1, 0.15) is 11.9 Å². The number of hydrogen-bond acceptors (Lipinski definition) is 5. The minimum Gasteiger partial charge on any atom is -0.497 e. The van der Waals surface area contributed by atoms with Crippen molar-refractivity contribution < 1.29 is 40.6 Å². The number of aromatic nitrogens is 1. The molecule has 3 aromatic rings. The number of nitrogens with zero attached hydrogens (tertiary/aromatic N) is 2. The second-order valence-corrected chi connectivity index (χ2v) is 10.3. The first-order chi connectivity index (χ1) is 19.4. The molecule has 0 aliphatic carbocycles. The predicted octanol–water partition coefficient (Wildman–Crippen LogP) is 7.47. The fourth-order valence-corrected chi connectivity index (χ4v) is 5.85. The van der Waals surface area contributed by atoms with Crippen LogP contribution in [0.1, 0.15) is 35.6 Å². The number of nitrogens with one attached hydrogen (secondary N) is 1. The quantitative estimate of drug-likeness (QED) is 0.243. The van der Waals surface area contributed by atoms with Gasteiger partial charge in [0.15, 0.2) is 0 Å². The Kier molecular flexibility index (Phi) is 7.62. The number of rotatable bonds is 6. The lowest BCUT2D eigenvalue weighted by Gasteiger charge is -2.51. The van der Waals surface area contributed by atoms with Gasteiger partial charge in [-0.15, -0.1) is 6.58 Å². The minimum absolute atomic E-state index is 0.00211. The highest BCUT2D eigenvalue weighted by atomic mass is 19.4. The Balaban J connectivity index is 1.51. The van der Waals surface area contributed by atoms with Crippen molar-refractivity contribution >= 4 is 22.7 Å². The molecule has 2 unspecified atom stereocenters. The van der Waals surface area contributed by atoms with Crippen molar-refractivity contribution in [2.24, 2.45) is 11.8 Å². The summed E-state index contributed by atoms with van der Waals surface area (Å²) in [5, 5.41) is 2.75. The summed E-state index contributed by atoms with van der Waals surface area (Å²) in [4.78, 5) is 19.7. The maximum atomic E-state index is 13.4. The van der Waals surface area contributed by atoms with Crippen molar-refractivity contribution in [2.75, 3.05) is 25.5 Å². The number of ether oxygens (including phenoxy) is 2. The normalized spacial score (nSPS) is 23.2. The van der Waals surface area contributed by atoms with E-state index in [9.17, 15) is 31.1 Å². The summed E-state index contributed by atoms with van der Waals surface area (Å²) in [7, 11) is 1.50. The number of hydrogen-bond donors (Lipinski definition) is 1. The standard InChI is InChI=1S/C29H27F6N3O3/c1-3-16-15-38-9-7-17(16)10-25(38)26(22-6-8-36-24-5-4-21(40-2)14-23(22)24)41-27(39)37-20-12-18(28(30,31)32)11-19(13-20)29(33,34)35/h3-6,8,11-14,16-17,25-26H,1,7,9-10,15H2,2H3,(H,37,39)/t16-,17?,25-,26+/m0/s1. The van der Waals surface area contributed by atoms with Gasteiger partial charge < -0.3 is 9.47 Å². The van der Waals surface area contributed by atoms with Crippen LogP contribution >= 0.6 is 0 Å². The molecular weight excluding hydrogens is 552 g/mol. The number of carbonyl (C=O) groups is 1. The molecular formula is C29H27F6N3O3. The zero-order chi connectivity index (χ0) is 29.5. The van der Waals surface area contributed by atoms with Crippen molar-refractivity contribution in [3.63, 3.8) is 0 Å². The van der Waals surface area contributed by atoms with E-state index in [-0.39, 0.29) is 23.9 Å².